The lowest BCUT2D eigenvalue weighted by molar-refractivity contribution is -0.286. The van der Waals surface area contributed by atoms with Gasteiger partial charge in [-0.1, -0.05) is 121 Å². The molecule has 4 aromatic carbocycles. The van der Waals surface area contributed by atoms with Crippen molar-refractivity contribution in [1.29, 1.82) is 0 Å². The lowest BCUT2D eigenvalue weighted by Crippen LogP contribution is -2.62. The summed E-state index contributed by atoms with van der Waals surface area (Å²) >= 11 is 0. The molecule has 0 aliphatic carbocycles. The molecule has 0 radical (unpaired) electrons. The van der Waals surface area contributed by atoms with E-state index in [0.29, 0.717) is 26.4 Å². The minimum absolute atomic E-state index is 0.289. The first-order chi connectivity index (χ1) is 20.3. The first-order valence-electron chi connectivity index (χ1n) is 14.0. The maximum atomic E-state index is 6.64. The van der Waals surface area contributed by atoms with E-state index in [1.165, 1.54) is 0 Å². The molecule has 4 atom stereocenters. The molecule has 0 N–H and O–H groups in total. The summed E-state index contributed by atoms with van der Waals surface area (Å²) < 4.78 is 32.4. The third-order valence-corrected chi connectivity index (χ3v) is 7.22. The zero-order valence-electron chi connectivity index (χ0n) is 22.8. The Balaban J connectivity index is 1.25. The van der Waals surface area contributed by atoms with Crippen LogP contribution in [0.25, 0.3) is 0 Å². The number of hydrogen-bond donors (Lipinski definition) is 0. The van der Waals surface area contributed by atoms with Crippen LogP contribution >= 0.6 is 0 Å². The Kier molecular flexibility index (Phi) is 8.90. The topological polar surface area (TPSA) is 70.9 Å². The van der Waals surface area contributed by atoms with Crippen LogP contribution < -0.4 is 0 Å². The molecule has 7 nitrogen and oxygen atoms in total. The normalized spacial score (nSPS) is 22.5. The molecule has 4 aromatic rings. The molecule has 2 aliphatic rings. The van der Waals surface area contributed by atoms with Gasteiger partial charge in [0.15, 0.2) is 6.10 Å². The summed E-state index contributed by atoms with van der Waals surface area (Å²) in [4.78, 5) is 0. The van der Waals surface area contributed by atoms with Gasteiger partial charge in [-0.3, -0.25) is 0 Å². The lowest BCUT2D eigenvalue weighted by atomic mass is 9.95. The first kappa shape index (κ1) is 27.4. The summed E-state index contributed by atoms with van der Waals surface area (Å²) in [5, 5.41) is 8.70. The van der Waals surface area contributed by atoms with Crippen LogP contribution in [0.2, 0.25) is 0 Å². The van der Waals surface area contributed by atoms with Gasteiger partial charge in [-0.2, -0.15) is 0 Å². The molecule has 1 fully saturated rings. The standard InChI is InChI=1S/C34H34N2O5/c1-5-13-26(14-6-1)21-37-25-30-31(38-22-27-15-7-2-8-16-27)32(39-23-28-17-9-3-10-18-28)33(34(41-30)35-36-34)40-24-29-19-11-4-12-20-29/h1-20,30-33H,21-25H2/t30-,31?,32+,33?/m1/s1. The van der Waals surface area contributed by atoms with Gasteiger partial charge in [-0.05, 0) is 22.3 Å². The molecule has 0 saturated carbocycles. The SMILES string of the molecule is c1ccc(COC[C@H]2OC3(N=N3)C(OCc3ccccc3)[C@@H](OCc3ccccc3)C2OCc2ccccc2)cc1. The predicted octanol–water partition coefficient (Wildman–Crippen LogP) is 6.48. The Morgan fingerprint density at radius 1 is 0.512 bits per heavy atom. The Labute approximate surface area is 240 Å². The summed E-state index contributed by atoms with van der Waals surface area (Å²) in [5.74, 6) is -1.15. The van der Waals surface area contributed by atoms with E-state index in [1.807, 2.05) is 121 Å². The summed E-state index contributed by atoms with van der Waals surface area (Å²) in [6, 6.07) is 40.3. The van der Waals surface area contributed by atoms with Crippen LogP contribution in [0.3, 0.4) is 0 Å². The summed E-state index contributed by atoms with van der Waals surface area (Å²) in [6.45, 7) is 1.89. The molecule has 0 aromatic heterocycles. The van der Waals surface area contributed by atoms with Crippen LogP contribution in [0.1, 0.15) is 22.3 Å². The molecule has 6 rings (SSSR count). The van der Waals surface area contributed by atoms with Gasteiger partial charge >= 0.3 is 5.85 Å². The molecule has 2 heterocycles. The van der Waals surface area contributed by atoms with E-state index in [-0.39, 0.29) is 6.61 Å². The third kappa shape index (κ3) is 7.14. The van der Waals surface area contributed by atoms with E-state index in [1.54, 1.807) is 0 Å². The smallest absolute Gasteiger partial charge is 0.322 e. The van der Waals surface area contributed by atoms with Crippen molar-refractivity contribution < 1.29 is 23.7 Å². The van der Waals surface area contributed by atoms with E-state index >= 15 is 0 Å². The third-order valence-electron chi connectivity index (χ3n) is 7.22. The number of benzene rings is 4. The van der Waals surface area contributed by atoms with E-state index < -0.39 is 30.3 Å². The summed E-state index contributed by atoms with van der Waals surface area (Å²) in [6.07, 6.45) is -2.09. The van der Waals surface area contributed by atoms with Crippen molar-refractivity contribution in [2.45, 2.75) is 56.7 Å². The highest BCUT2D eigenvalue weighted by atomic mass is 16.7. The second kappa shape index (κ2) is 13.3. The van der Waals surface area contributed by atoms with Crippen LogP contribution in [0.15, 0.2) is 132 Å². The predicted molar refractivity (Wildman–Crippen MR) is 154 cm³/mol. The Hall–Kier alpha value is -3.72. The van der Waals surface area contributed by atoms with Gasteiger partial charge in [0.05, 0.1) is 33.0 Å². The van der Waals surface area contributed by atoms with Crippen LogP contribution in [0.4, 0.5) is 0 Å². The quantitative estimate of drug-likeness (QED) is 0.191. The highest BCUT2D eigenvalue weighted by molar-refractivity contribution is 5.17. The number of rotatable bonds is 13. The van der Waals surface area contributed by atoms with E-state index in [4.69, 9.17) is 23.7 Å². The molecule has 1 saturated heterocycles. The molecule has 41 heavy (non-hydrogen) atoms. The molecule has 7 heteroatoms. The minimum atomic E-state index is -1.15. The van der Waals surface area contributed by atoms with Gasteiger partial charge in [0, 0.05) is 0 Å². The minimum Gasteiger partial charge on any atom is -0.374 e. The van der Waals surface area contributed by atoms with Crippen molar-refractivity contribution in [3.63, 3.8) is 0 Å². The van der Waals surface area contributed by atoms with Crippen molar-refractivity contribution in [3.8, 4) is 0 Å². The molecule has 0 amide bonds. The van der Waals surface area contributed by atoms with E-state index in [0.717, 1.165) is 22.3 Å². The van der Waals surface area contributed by atoms with Gasteiger partial charge < -0.3 is 23.7 Å². The molecule has 0 bridgehead atoms. The lowest BCUT2D eigenvalue weighted by Gasteiger charge is -2.44. The van der Waals surface area contributed by atoms with Crippen molar-refractivity contribution in [3.05, 3.63) is 144 Å². The Morgan fingerprint density at radius 2 is 0.927 bits per heavy atom. The zero-order chi connectivity index (χ0) is 27.7. The zero-order valence-corrected chi connectivity index (χ0v) is 22.8. The van der Waals surface area contributed by atoms with Gasteiger partial charge in [0.25, 0.3) is 0 Å². The van der Waals surface area contributed by atoms with Crippen molar-refractivity contribution in [2.24, 2.45) is 10.2 Å². The van der Waals surface area contributed by atoms with Crippen LogP contribution in [0, 0.1) is 0 Å². The molecule has 2 unspecified atom stereocenters. The Morgan fingerprint density at radius 3 is 1.39 bits per heavy atom. The molecular formula is C34H34N2O5. The van der Waals surface area contributed by atoms with Gasteiger partial charge in [-0.15, -0.1) is 10.2 Å². The van der Waals surface area contributed by atoms with E-state index in [9.17, 15) is 0 Å². The van der Waals surface area contributed by atoms with Crippen molar-refractivity contribution in [1.82, 2.24) is 0 Å². The summed E-state index contributed by atoms with van der Waals surface area (Å²) in [5.41, 5.74) is 4.24. The maximum Gasteiger partial charge on any atom is 0.322 e. The average Bonchev–Trinajstić information content (AvgIpc) is 3.80. The Bertz CT molecular complexity index is 1370. The van der Waals surface area contributed by atoms with Crippen LogP contribution in [-0.2, 0) is 50.1 Å². The van der Waals surface area contributed by atoms with Crippen LogP contribution in [0.5, 0.6) is 0 Å². The fourth-order valence-corrected chi connectivity index (χ4v) is 5.04. The van der Waals surface area contributed by atoms with Crippen molar-refractivity contribution in [2.75, 3.05) is 6.61 Å². The van der Waals surface area contributed by atoms with E-state index in [2.05, 4.69) is 10.2 Å². The van der Waals surface area contributed by atoms with Gasteiger partial charge in [-0.25, -0.2) is 0 Å². The highest BCUT2D eigenvalue weighted by Gasteiger charge is 2.63. The van der Waals surface area contributed by atoms with Gasteiger partial charge in [0.1, 0.15) is 18.3 Å². The molecule has 210 valence electrons. The first-order valence-corrected chi connectivity index (χ1v) is 14.0. The average molecular weight is 551 g/mol. The van der Waals surface area contributed by atoms with Gasteiger partial charge in [0.2, 0.25) is 0 Å². The number of nitrogens with zero attached hydrogens (tertiary/aromatic N) is 2. The highest BCUT2D eigenvalue weighted by Crippen LogP contribution is 2.45. The molecule has 1 spiro atoms. The monoisotopic (exact) mass is 550 g/mol. The number of ether oxygens (including phenoxy) is 5. The molecular weight excluding hydrogens is 516 g/mol. The largest absolute Gasteiger partial charge is 0.374 e. The number of hydrogen-bond acceptors (Lipinski definition) is 7. The summed E-state index contributed by atoms with van der Waals surface area (Å²) in [7, 11) is 0. The second-order valence-electron chi connectivity index (χ2n) is 10.3. The molecule has 2 aliphatic heterocycles. The second-order valence-corrected chi connectivity index (χ2v) is 10.3. The maximum absolute atomic E-state index is 6.64. The van der Waals surface area contributed by atoms with Crippen molar-refractivity contribution >= 4 is 0 Å². The fraction of sp³-hybridized carbons (Fsp3) is 0.294. The van der Waals surface area contributed by atoms with Crippen LogP contribution in [-0.4, -0.2) is 36.9 Å². The fourth-order valence-electron chi connectivity index (χ4n) is 5.04.